The van der Waals surface area contributed by atoms with Crippen molar-refractivity contribution in [1.29, 1.82) is 0 Å². The van der Waals surface area contributed by atoms with Crippen LogP contribution in [0, 0.1) is 0 Å². The molecule has 27 heavy (non-hydrogen) atoms. The third-order valence-electron chi connectivity index (χ3n) is 4.41. The molecule has 2 aromatic rings. The zero-order valence-electron chi connectivity index (χ0n) is 15.1. The molecule has 1 fully saturated rings. The molecular formula is C20H22N4O3. The average Bonchev–Trinajstić information content (AvgIpc) is 3.16. The summed E-state index contributed by atoms with van der Waals surface area (Å²) < 4.78 is 0. The number of nitrogens with one attached hydrogen (secondary N) is 3. The van der Waals surface area contributed by atoms with Crippen LogP contribution in [-0.4, -0.2) is 28.7 Å². The van der Waals surface area contributed by atoms with Gasteiger partial charge in [0.05, 0.1) is 0 Å². The minimum Gasteiger partial charge on any atom is -0.349 e. The van der Waals surface area contributed by atoms with Gasteiger partial charge in [-0.1, -0.05) is 12.8 Å². The van der Waals surface area contributed by atoms with Crippen molar-refractivity contribution in [1.82, 2.24) is 10.3 Å². The molecule has 0 unspecified atom stereocenters. The van der Waals surface area contributed by atoms with Gasteiger partial charge in [0.1, 0.15) is 5.69 Å². The van der Waals surface area contributed by atoms with Gasteiger partial charge in [-0.3, -0.25) is 19.4 Å². The van der Waals surface area contributed by atoms with Crippen molar-refractivity contribution < 1.29 is 14.4 Å². The number of nitrogens with zero attached hydrogens (tertiary/aromatic N) is 1. The number of hydrogen-bond acceptors (Lipinski definition) is 4. The monoisotopic (exact) mass is 366 g/mol. The summed E-state index contributed by atoms with van der Waals surface area (Å²) in [6, 6.07) is 10.0. The van der Waals surface area contributed by atoms with E-state index in [1.165, 1.54) is 19.2 Å². The smallest absolute Gasteiger partial charge is 0.274 e. The summed E-state index contributed by atoms with van der Waals surface area (Å²) in [6.45, 7) is 1.43. The van der Waals surface area contributed by atoms with Crippen LogP contribution in [0.25, 0.3) is 0 Å². The van der Waals surface area contributed by atoms with Crippen molar-refractivity contribution in [3.63, 3.8) is 0 Å². The van der Waals surface area contributed by atoms with Crippen molar-refractivity contribution in [2.24, 2.45) is 0 Å². The third-order valence-corrected chi connectivity index (χ3v) is 4.41. The van der Waals surface area contributed by atoms with Gasteiger partial charge in [0.2, 0.25) is 5.91 Å². The highest BCUT2D eigenvalue weighted by Gasteiger charge is 2.19. The number of amides is 3. The van der Waals surface area contributed by atoms with E-state index in [4.69, 9.17) is 0 Å². The number of aromatic nitrogens is 1. The molecular weight excluding hydrogens is 344 g/mol. The summed E-state index contributed by atoms with van der Waals surface area (Å²) in [5, 5.41) is 8.39. The fraction of sp³-hybridized carbons (Fsp3) is 0.300. The van der Waals surface area contributed by atoms with Gasteiger partial charge < -0.3 is 16.0 Å². The Morgan fingerprint density at radius 3 is 2.19 bits per heavy atom. The Labute approximate surface area is 157 Å². The number of hydrogen-bond donors (Lipinski definition) is 3. The first kappa shape index (κ1) is 18.6. The van der Waals surface area contributed by atoms with Crippen molar-refractivity contribution in [3.05, 3.63) is 53.9 Å². The van der Waals surface area contributed by atoms with Gasteiger partial charge in [0.25, 0.3) is 11.8 Å². The van der Waals surface area contributed by atoms with Gasteiger partial charge in [-0.2, -0.15) is 0 Å². The van der Waals surface area contributed by atoms with Crippen LogP contribution in [0.4, 0.5) is 11.4 Å². The molecule has 0 radical (unpaired) electrons. The molecule has 1 aromatic heterocycles. The molecule has 3 amide bonds. The predicted molar refractivity (Wildman–Crippen MR) is 103 cm³/mol. The fourth-order valence-corrected chi connectivity index (χ4v) is 3.07. The highest BCUT2D eigenvalue weighted by Crippen LogP contribution is 2.18. The van der Waals surface area contributed by atoms with E-state index in [2.05, 4.69) is 20.9 Å². The van der Waals surface area contributed by atoms with E-state index >= 15 is 0 Å². The second-order valence-corrected chi connectivity index (χ2v) is 6.60. The maximum atomic E-state index is 12.4. The molecule has 1 aliphatic rings. The quantitative estimate of drug-likeness (QED) is 0.757. The Hall–Kier alpha value is -3.22. The number of rotatable bonds is 5. The number of carbonyl (C=O) groups is 3. The van der Waals surface area contributed by atoms with Gasteiger partial charge in [-0.15, -0.1) is 0 Å². The molecule has 0 bridgehead atoms. The summed E-state index contributed by atoms with van der Waals surface area (Å²) in [4.78, 5) is 39.9. The SMILES string of the molecule is CC(=O)Nc1ccc(NC(=O)c2cc(C(=O)NC3CCCC3)ccn2)cc1. The molecule has 140 valence electrons. The molecule has 7 heteroatoms. The van der Waals surface area contributed by atoms with E-state index in [0.717, 1.165) is 25.7 Å². The third kappa shape index (κ3) is 5.13. The molecule has 0 spiro atoms. The first-order valence-electron chi connectivity index (χ1n) is 8.97. The number of anilines is 2. The van der Waals surface area contributed by atoms with Gasteiger partial charge in [-0.05, 0) is 49.2 Å². The first-order chi connectivity index (χ1) is 13.0. The lowest BCUT2D eigenvalue weighted by atomic mass is 10.1. The van der Waals surface area contributed by atoms with Crippen LogP contribution in [0.2, 0.25) is 0 Å². The molecule has 0 atom stereocenters. The minimum atomic E-state index is -0.405. The van der Waals surface area contributed by atoms with Crippen molar-refractivity contribution in [3.8, 4) is 0 Å². The van der Waals surface area contributed by atoms with Crippen LogP contribution in [0.3, 0.4) is 0 Å². The normalized spacial score (nSPS) is 13.8. The molecule has 3 rings (SSSR count). The topological polar surface area (TPSA) is 100 Å². The molecule has 0 saturated heterocycles. The van der Waals surface area contributed by atoms with Crippen LogP contribution >= 0.6 is 0 Å². The summed E-state index contributed by atoms with van der Waals surface area (Å²) in [6.07, 6.45) is 5.72. The van der Waals surface area contributed by atoms with Crippen molar-refractivity contribution in [2.45, 2.75) is 38.6 Å². The molecule has 7 nitrogen and oxygen atoms in total. The fourth-order valence-electron chi connectivity index (χ4n) is 3.07. The van der Waals surface area contributed by atoms with Crippen LogP contribution in [0.1, 0.15) is 53.5 Å². The second kappa shape index (κ2) is 8.44. The van der Waals surface area contributed by atoms with Gasteiger partial charge in [0.15, 0.2) is 0 Å². The van der Waals surface area contributed by atoms with Crippen LogP contribution in [-0.2, 0) is 4.79 Å². The zero-order chi connectivity index (χ0) is 19.2. The molecule has 1 saturated carbocycles. The summed E-state index contributed by atoms with van der Waals surface area (Å²) >= 11 is 0. The molecule has 0 aliphatic heterocycles. The maximum Gasteiger partial charge on any atom is 0.274 e. The molecule has 1 heterocycles. The van der Waals surface area contributed by atoms with Crippen LogP contribution in [0.15, 0.2) is 42.6 Å². The predicted octanol–water partition coefficient (Wildman–Crippen LogP) is 2.96. The maximum absolute atomic E-state index is 12.4. The Balaban J connectivity index is 1.64. The summed E-state index contributed by atoms with van der Waals surface area (Å²) in [5.41, 5.74) is 1.80. The molecule has 1 aromatic carbocycles. The lowest BCUT2D eigenvalue weighted by molar-refractivity contribution is -0.114. The minimum absolute atomic E-state index is 0.163. The Kier molecular flexibility index (Phi) is 5.80. The van der Waals surface area contributed by atoms with Crippen LogP contribution in [0.5, 0.6) is 0 Å². The highest BCUT2D eigenvalue weighted by molar-refractivity contribution is 6.05. The van der Waals surface area contributed by atoms with Gasteiger partial charge >= 0.3 is 0 Å². The lowest BCUT2D eigenvalue weighted by Crippen LogP contribution is -2.32. The standard InChI is InChI=1S/C20H22N4O3/c1-13(25)22-16-6-8-17(9-7-16)24-20(27)18-12-14(10-11-21-18)19(26)23-15-4-2-3-5-15/h6-12,15H,2-5H2,1H3,(H,22,25)(H,23,26)(H,24,27). The second-order valence-electron chi connectivity index (χ2n) is 6.60. The number of carbonyl (C=O) groups excluding carboxylic acids is 3. The van der Waals surface area contributed by atoms with E-state index in [9.17, 15) is 14.4 Å². The van der Waals surface area contributed by atoms with Gasteiger partial charge in [-0.25, -0.2) is 0 Å². The van der Waals surface area contributed by atoms with E-state index in [-0.39, 0.29) is 23.6 Å². The number of benzene rings is 1. The Morgan fingerprint density at radius 2 is 1.56 bits per heavy atom. The van der Waals surface area contributed by atoms with E-state index in [1.54, 1.807) is 30.3 Å². The molecule has 1 aliphatic carbocycles. The van der Waals surface area contributed by atoms with Crippen molar-refractivity contribution >= 4 is 29.1 Å². The number of pyridine rings is 1. The average molecular weight is 366 g/mol. The van der Waals surface area contributed by atoms with E-state index < -0.39 is 5.91 Å². The first-order valence-corrected chi connectivity index (χ1v) is 8.97. The zero-order valence-corrected chi connectivity index (χ0v) is 15.1. The Morgan fingerprint density at radius 1 is 0.926 bits per heavy atom. The largest absolute Gasteiger partial charge is 0.349 e. The highest BCUT2D eigenvalue weighted by atomic mass is 16.2. The van der Waals surface area contributed by atoms with E-state index in [1.807, 2.05) is 0 Å². The van der Waals surface area contributed by atoms with Crippen LogP contribution < -0.4 is 16.0 Å². The molecule has 3 N–H and O–H groups in total. The van der Waals surface area contributed by atoms with Gasteiger partial charge in [0, 0.05) is 36.1 Å². The van der Waals surface area contributed by atoms with Crippen molar-refractivity contribution in [2.75, 3.05) is 10.6 Å². The summed E-state index contributed by atoms with van der Waals surface area (Å²) in [7, 11) is 0. The Bertz CT molecular complexity index is 843. The summed E-state index contributed by atoms with van der Waals surface area (Å²) in [5.74, 6) is -0.750. The van der Waals surface area contributed by atoms with E-state index in [0.29, 0.717) is 16.9 Å². The lowest BCUT2D eigenvalue weighted by Gasteiger charge is -2.12.